The van der Waals surface area contributed by atoms with E-state index < -0.39 is 0 Å². The Morgan fingerprint density at radius 3 is 3.17 bits per heavy atom. The molecule has 1 saturated carbocycles. The fourth-order valence-corrected chi connectivity index (χ4v) is 3.09. The summed E-state index contributed by atoms with van der Waals surface area (Å²) < 4.78 is 7.69. The van der Waals surface area contributed by atoms with Crippen LogP contribution in [0.3, 0.4) is 0 Å². The van der Waals surface area contributed by atoms with Crippen LogP contribution in [0.25, 0.3) is 11.0 Å². The van der Waals surface area contributed by atoms with Gasteiger partial charge in [-0.05, 0) is 18.9 Å². The number of nitrogens with zero attached hydrogens (tertiary/aromatic N) is 3. The molecule has 2 aromatic heterocycles. The molecule has 1 aliphatic rings. The number of fused-ring (bicyclic) bond motifs is 1. The number of hydrogen-bond acceptors (Lipinski definition) is 3. The molecule has 96 valence electrons. The first-order chi connectivity index (χ1) is 8.79. The van der Waals surface area contributed by atoms with Crippen LogP contribution >= 0.6 is 11.6 Å². The average molecular weight is 266 g/mol. The van der Waals surface area contributed by atoms with E-state index in [2.05, 4.69) is 14.5 Å². The first-order valence-electron chi connectivity index (χ1n) is 6.27. The third kappa shape index (κ3) is 1.99. The molecule has 2 aromatic rings. The molecule has 1 fully saturated rings. The molecule has 0 saturated heterocycles. The molecule has 0 aliphatic heterocycles. The summed E-state index contributed by atoms with van der Waals surface area (Å²) in [5.74, 6) is 0.569. The van der Waals surface area contributed by atoms with Gasteiger partial charge in [0.1, 0.15) is 17.1 Å². The van der Waals surface area contributed by atoms with Crippen LogP contribution in [0.5, 0.6) is 0 Å². The van der Waals surface area contributed by atoms with Gasteiger partial charge in [-0.25, -0.2) is 9.97 Å². The smallest absolute Gasteiger partial charge is 0.144 e. The molecule has 2 unspecified atom stereocenters. The Kier molecular flexibility index (Phi) is 3.22. The van der Waals surface area contributed by atoms with Gasteiger partial charge < -0.3 is 9.30 Å². The van der Waals surface area contributed by atoms with Crippen molar-refractivity contribution in [1.82, 2.24) is 14.5 Å². The predicted molar refractivity (Wildman–Crippen MR) is 70.7 cm³/mol. The molecule has 0 amide bonds. The lowest BCUT2D eigenvalue weighted by atomic mass is 10.1. The van der Waals surface area contributed by atoms with Crippen molar-refractivity contribution in [1.29, 1.82) is 0 Å². The van der Waals surface area contributed by atoms with Crippen LogP contribution < -0.4 is 0 Å². The molecule has 0 spiro atoms. The predicted octanol–water partition coefficient (Wildman–Crippen LogP) is 2.90. The number of methoxy groups -OCH3 is 1. The zero-order chi connectivity index (χ0) is 12.5. The van der Waals surface area contributed by atoms with Crippen molar-refractivity contribution in [2.75, 3.05) is 7.11 Å². The first-order valence-corrected chi connectivity index (χ1v) is 6.65. The number of rotatable bonds is 3. The lowest BCUT2D eigenvalue weighted by molar-refractivity contribution is 0.0653. The molecule has 0 radical (unpaired) electrons. The Labute approximate surface area is 111 Å². The van der Waals surface area contributed by atoms with Crippen LogP contribution in [-0.2, 0) is 11.3 Å². The van der Waals surface area contributed by atoms with Gasteiger partial charge in [0.2, 0.25) is 0 Å². The Bertz CT molecular complexity index is 554. The van der Waals surface area contributed by atoms with Crippen molar-refractivity contribution in [2.45, 2.75) is 31.9 Å². The van der Waals surface area contributed by atoms with Crippen molar-refractivity contribution >= 4 is 22.6 Å². The van der Waals surface area contributed by atoms with E-state index in [1.54, 1.807) is 7.11 Å². The molecule has 18 heavy (non-hydrogen) atoms. The van der Waals surface area contributed by atoms with Gasteiger partial charge in [0.15, 0.2) is 0 Å². The summed E-state index contributed by atoms with van der Waals surface area (Å²) in [7, 11) is 1.80. The molecule has 5 heteroatoms. The van der Waals surface area contributed by atoms with E-state index in [9.17, 15) is 0 Å². The molecule has 0 aromatic carbocycles. The summed E-state index contributed by atoms with van der Waals surface area (Å²) in [5.41, 5.74) is 0.914. The maximum absolute atomic E-state index is 6.05. The second kappa shape index (κ2) is 4.86. The van der Waals surface area contributed by atoms with E-state index in [1.807, 2.05) is 12.3 Å². The highest BCUT2D eigenvalue weighted by Gasteiger charge is 2.27. The average Bonchev–Trinajstić information content (AvgIpc) is 2.98. The molecule has 0 N–H and O–H groups in total. The lowest BCUT2D eigenvalue weighted by Crippen LogP contribution is -2.21. The normalized spacial score (nSPS) is 23.9. The largest absolute Gasteiger partial charge is 0.381 e. The summed E-state index contributed by atoms with van der Waals surface area (Å²) in [5, 5.41) is 1.44. The van der Waals surface area contributed by atoms with Gasteiger partial charge in [0.05, 0.1) is 11.5 Å². The topological polar surface area (TPSA) is 39.9 Å². The van der Waals surface area contributed by atoms with Crippen molar-refractivity contribution in [3.63, 3.8) is 0 Å². The maximum Gasteiger partial charge on any atom is 0.144 e. The van der Waals surface area contributed by atoms with Crippen molar-refractivity contribution in [3.8, 4) is 0 Å². The van der Waals surface area contributed by atoms with Crippen molar-refractivity contribution < 1.29 is 4.74 Å². The lowest BCUT2D eigenvalue weighted by Gasteiger charge is -2.18. The Hall–Kier alpha value is -1.13. The summed E-state index contributed by atoms with van der Waals surface area (Å²) in [6.45, 7) is 0.940. The van der Waals surface area contributed by atoms with Crippen LogP contribution in [0.4, 0.5) is 0 Å². The molecule has 1 aliphatic carbocycles. The summed E-state index contributed by atoms with van der Waals surface area (Å²) in [4.78, 5) is 8.32. The first kappa shape index (κ1) is 11.9. The zero-order valence-electron chi connectivity index (χ0n) is 10.3. The SMILES string of the molecule is COC1CCCC1Cn1ccc2c(Cl)ncnc21. The van der Waals surface area contributed by atoms with Crippen LogP contribution in [0, 0.1) is 5.92 Å². The minimum absolute atomic E-state index is 0.375. The van der Waals surface area contributed by atoms with Gasteiger partial charge in [-0.2, -0.15) is 0 Å². The van der Waals surface area contributed by atoms with Gasteiger partial charge in [-0.1, -0.05) is 18.0 Å². The van der Waals surface area contributed by atoms with Gasteiger partial charge in [-0.3, -0.25) is 0 Å². The Morgan fingerprint density at radius 2 is 2.33 bits per heavy atom. The number of hydrogen-bond donors (Lipinski definition) is 0. The van der Waals surface area contributed by atoms with Crippen LogP contribution in [-0.4, -0.2) is 27.7 Å². The zero-order valence-corrected chi connectivity index (χ0v) is 11.1. The molecule has 2 atom stereocenters. The minimum Gasteiger partial charge on any atom is -0.381 e. The highest BCUT2D eigenvalue weighted by atomic mass is 35.5. The van der Waals surface area contributed by atoms with E-state index in [0.29, 0.717) is 17.2 Å². The highest BCUT2D eigenvalue weighted by molar-refractivity contribution is 6.33. The molecule has 3 rings (SSSR count). The number of halogens is 1. The number of aromatic nitrogens is 3. The van der Waals surface area contributed by atoms with Crippen molar-refractivity contribution in [2.24, 2.45) is 5.92 Å². The van der Waals surface area contributed by atoms with E-state index in [-0.39, 0.29) is 0 Å². The van der Waals surface area contributed by atoms with Gasteiger partial charge in [-0.15, -0.1) is 0 Å². The van der Waals surface area contributed by atoms with E-state index in [4.69, 9.17) is 16.3 Å². The molecular formula is C13H16ClN3O. The number of ether oxygens (including phenoxy) is 1. The third-order valence-corrected chi connectivity index (χ3v) is 4.13. The van der Waals surface area contributed by atoms with E-state index in [1.165, 1.54) is 19.2 Å². The summed E-state index contributed by atoms with van der Waals surface area (Å²) >= 11 is 6.05. The van der Waals surface area contributed by atoms with E-state index in [0.717, 1.165) is 24.0 Å². The quantitative estimate of drug-likeness (QED) is 0.801. The minimum atomic E-state index is 0.375. The summed E-state index contributed by atoms with van der Waals surface area (Å²) in [6.07, 6.45) is 7.56. The van der Waals surface area contributed by atoms with Crippen LogP contribution in [0.1, 0.15) is 19.3 Å². The molecule has 4 nitrogen and oxygen atoms in total. The Balaban J connectivity index is 1.89. The van der Waals surface area contributed by atoms with Crippen LogP contribution in [0.15, 0.2) is 18.6 Å². The summed E-state index contributed by atoms with van der Waals surface area (Å²) in [6, 6.07) is 1.98. The monoisotopic (exact) mass is 265 g/mol. The highest BCUT2D eigenvalue weighted by Crippen LogP contribution is 2.30. The van der Waals surface area contributed by atoms with Crippen molar-refractivity contribution in [3.05, 3.63) is 23.7 Å². The third-order valence-electron chi connectivity index (χ3n) is 3.83. The van der Waals surface area contributed by atoms with Crippen LogP contribution in [0.2, 0.25) is 5.15 Å². The molecule has 0 bridgehead atoms. The molecule has 2 heterocycles. The molecular weight excluding hydrogens is 250 g/mol. The van der Waals surface area contributed by atoms with Gasteiger partial charge >= 0.3 is 0 Å². The second-order valence-electron chi connectivity index (χ2n) is 4.83. The second-order valence-corrected chi connectivity index (χ2v) is 5.19. The van der Waals surface area contributed by atoms with Gasteiger partial charge in [0, 0.05) is 25.8 Å². The standard InChI is InChI=1S/C13H16ClN3O/c1-18-11-4-2-3-9(11)7-17-6-5-10-12(14)15-8-16-13(10)17/h5-6,8-9,11H,2-4,7H2,1H3. The maximum atomic E-state index is 6.05. The van der Waals surface area contributed by atoms with Gasteiger partial charge in [0.25, 0.3) is 0 Å². The fourth-order valence-electron chi connectivity index (χ4n) is 2.89. The Morgan fingerprint density at radius 1 is 1.44 bits per heavy atom. The van der Waals surface area contributed by atoms with E-state index >= 15 is 0 Å². The fraction of sp³-hybridized carbons (Fsp3) is 0.538.